The van der Waals surface area contributed by atoms with Crippen molar-refractivity contribution in [2.24, 2.45) is 0 Å². The number of benzene rings is 1. The molecule has 1 aromatic carbocycles. The van der Waals surface area contributed by atoms with Gasteiger partial charge in [-0.05, 0) is 31.4 Å². The Bertz CT molecular complexity index is 1120. The molecule has 0 spiro atoms. The average molecular weight is 568 g/mol. The van der Waals surface area contributed by atoms with Crippen molar-refractivity contribution in [2.45, 2.75) is 43.7 Å². The molecule has 3 N–H and O–H groups in total. The molecule has 1 aliphatic heterocycles. The van der Waals surface area contributed by atoms with Crippen molar-refractivity contribution in [3.8, 4) is 0 Å². The summed E-state index contributed by atoms with van der Waals surface area (Å²) in [6, 6.07) is 9.06. The fourth-order valence-electron chi connectivity index (χ4n) is 2.85. The molecule has 2 amide bonds. The Labute approximate surface area is 216 Å². The first kappa shape index (κ1) is 30.7. The number of anilines is 1. The van der Waals surface area contributed by atoms with Crippen molar-refractivity contribution in [1.29, 1.82) is 0 Å². The number of aliphatic carboxylic acids is 1. The highest BCUT2D eigenvalue weighted by Gasteiger charge is 2.38. The quantitative estimate of drug-likeness (QED) is 0.331. The summed E-state index contributed by atoms with van der Waals surface area (Å²) >= 11 is 0.289. The SMILES string of the molecule is CN(C(=O)/C=C/[C@H](CCc1ccccc1)NC(=O)[C@@H]1CCN1)c1nnc(C(F)(F)F)s1.O=C(O)C(F)(F)F. The van der Waals surface area contributed by atoms with Crippen molar-refractivity contribution in [3.63, 3.8) is 0 Å². The van der Waals surface area contributed by atoms with Crippen LogP contribution >= 0.6 is 11.3 Å². The van der Waals surface area contributed by atoms with Crippen LogP contribution in [0.2, 0.25) is 0 Å². The molecule has 1 saturated heterocycles. The molecule has 9 nitrogen and oxygen atoms in total. The molecular weight excluding hydrogens is 544 g/mol. The number of carbonyl (C=O) groups is 3. The largest absolute Gasteiger partial charge is 0.490 e. The molecule has 0 saturated carbocycles. The Morgan fingerprint density at radius 1 is 1.18 bits per heavy atom. The lowest BCUT2D eigenvalue weighted by molar-refractivity contribution is -0.192. The Morgan fingerprint density at radius 3 is 2.26 bits per heavy atom. The van der Waals surface area contributed by atoms with Crippen LogP contribution in [0.5, 0.6) is 0 Å². The van der Waals surface area contributed by atoms with Gasteiger partial charge in [0, 0.05) is 19.2 Å². The lowest BCUT2D eigenvalue weighted by Crippen LogP contribution is -2.54. The zero-order chi connectivity index (χ0) is 28.5. The second kappa shape index (κ2) is 13.3. The van der Waals surface area contributed by atoms with Crippen molar-refractivity contribution >= 4 is 34.3 Å². The van der Waals surface area contributed by atoms with E-state index in [-0.39, 0.29) is 28.4 Å². The standard InChI is InChI=1S/C20H22F3N5O2S.C2HF3O2/c1-28(19-27-26-18(31-19)20(21,22)23)16(29)10-9-14(25-17(30)15-11-12-24-15)8-7-13-5-3-2-4-6-13;3-2(4,5)1(6)7/h2-6,9-10,14-15,24H,7-8,11-12H2,1H3,(H,25,30);(H,6,7)/b10-9+;/t14-,15-;/m0./s1. The highest BCUT2D eigenvalue weighted by molar-refractivity contribution is 7.15. The van der Waals surface area contributed by atoms with E-state index in [1.54, 1.807) is 6.08 Å². The maximum atomic E-state index is 12.7. The van der Waals surface area contributed by atoms with Gasteiger partial charge >= 0.3 is 18.3 Å². The van der Waals surface area contributed by atoms with Gasteiger partial charge in [0.1, 0.15) is 0 Å². The molecule has 2 heterocycles. The van der Waals surface area contributed by atoms with E-state index in [9.17, 15) is 35.9 Å². The number of carbonyl (C=O) groups excluding carboxylic acids is 2. The maximum absolute atomic E-state index is 12.7. The number of nitrogens with one attached hydrogen (secondary N) is 2. The van der Waals surface area contributed by atoms with Gasteiger partial charge in [-0.15, -0.1) is 10.2 Å². The van der Waals surface area contributed by atoms with Crippen LogP contribution in [0, 0.1) is 0 Å². The summed E-state index contributed by atoms with van der Waals surface area (Å²) in [5.74, 6) is -3.47. The monoisotopic (exact) mass is 567 g/mol. The highest BCUT2D eigenvalue weighted by atomic mass is 32.1. The third kappa shape index (κ3) is 9.74. The second-order valence-electron chi connectivity index (χ2n) is 7.88. The molecule has 0 radical (unpaired) electrons. The predicted octanol–water partition coefficient (Wildman–Crippen LogP) is 3.19. The van der Waals surface area contributed by atoms with E-state index < -0.39 is 35.3 Å². The van der Waals surface area contributed by atoms with Gasteiger partial charge in [-0.2, -0.15) is 26.3 Å². The molecule has 3 rings (SSSR count). The molecule has 1 aliphatic rings. The summed E-state index contributed by atoms with van der Waals surface area (Å²) in [7, 11) is 1.32. The zero-order valence-corrected chi connectivity index (χ0v) is 20.5. The van der Waals surface area contributed by atoms with E-state index in [1.807, 2.05) is 30.3 Å². The Morgan fingerprint density at radius 2 is 1.79 bits per heavy atom. The minimum atomic E-state index is -5.08. The van der Waals surface area contributed by atoms with Crippen LogP contribution in [0.3, 0.4) is 0 Å². The maximum Gasteiger partial charge on any atom is 0.490 e. The molecule has 1 fully saturated rings. The van der Waals surface area contributed by atoms with Crippen molar-refractivity contribution in [1.82, 2.24) is 20.8 Å². The number of rotatable bonds is 8. The number of nitrogens with zero attached hydrogens (tertiary/aromatic N) is 3. The van der Waals surface area contributed by atoms with Crippen molar-refractivity contribution < 1.29 is 45.8 Å². The van der Waals surface area contributed by atoms with Crippen molar-refractivity contribution in [2.75, 3.05) is 18.5 Å². The van der Waals surface area contributed by atoms with Crippen LogP contribution in [0.15, 0.2) is 42.5 Å². The summed E-state index contributed by atoms with van der Waals surface area (Å²) < 4.78 is 69.9. The third-order valence-electron chi connectivity index (χ3n) is 5.04. The van der Waals surface area contributed by atoms with E-state index >= 15 is 0 Å². The number of aryl methyl sites for hydroxylation is 1. The van der Waals surface area contributed by atoms with E-state index in [4.69, 9.17) is 9.90 Å². The molecule has 16 heteroatoms. The van der Waals surface area contributed by atoms with Gasteiger partial charge < -0.3 is 15.7 Å². The molecule has 0 unspecified atom stereocenters. The number of amides is 2. The van der Waals surface area contributed by atoms with Gasteiger partial charge in [0.2, 0.25) is 16.0 Å². The lowest BCUT2D eigenvalue weighted by Gasteiger charge is -2.28. The van der Waals surface area contributed by atoms with Crippen LogP contribution in [0.25, 0.3) is 0 Å². The summed E-state index contributed by atoms with van der Waals surface area (Å²) in [5, 5.41) is 18.3. The summed E-state index contributed by atoms with van der Waals surface area (Å²) in [6.45, 7) is 0.785. The van der Waals surface area contributed by atoms with Crippen LogP contribution in [0.4, 0.5) is 31.5 Å². The summed E-state index contributed by atoms with van der Waals surface area (Å²) in [5.41, 5.74) is 1.09. The number of hydrogen-bond donors (Lipinski definition) is 3. The van der Waals surface area contributed by atoms with Crippen LogP contribution in [-0.2, 0) is 27.0 Å². The van der Waals surface area contributed by atoms with E-state index in [2.05, 4.69) is 20.8 Å². The minimum absolute atomic E-state index is 0.145. The number of likely N-dealkylation sites (N-methyl/N-ethyl adjacent to an activating group) is 1. The third-order valence-corrected chi connectivity index (χ3v) is 6.09. The molecule has 208 valence electrons. The summed E-state index contributed by atoms with van der Waals surface area (Å²) in [4.78, 5) is 34.6. The topological polar surface area (TPSA) is 125 Å². The van der Waals surface area contributed by atoms with Gasteiger partial charge in [-0.1, -0.05) is 47.7 Å². The number of hydrogen-bond acceptors (Lipinski definition) is 7. The van der Waals surface area contributed by atoms with Crippen LogP contribution < -0.4 is 15.5 Å². The van der Waals surface area contributed by atoms with Crippen LogP contribution in [0.1, 0.15) is 23.4 Å². The zero-order valence-electron chi connectivity index (χ0n) is 19.7. The first-order valence-electron chi connectivity index (χ1n) is 10.9. The number of halogens is 6. The molecule has 0 bridgehead atoms. The Kier molecular flexibility index (Phi) is 10.8. The van der Waals surface area contributed by atoms with E-state index in [0.717, 1.165) is 23.4 Å². The average Bonchev–Trinajstić information content (AvgIpc) is 3.30. The molecule has 0 aliphatic carbocycles. The summed E-state index contributed by atoms with van der Waals surface area (Å²) in [6.07, 6.45) is -4.90. The molecule has 2 atom stereocenters. The molecule has 1 aromatic heterocycles. The Hall–Kier alpha value is -3.53. The number of carboxylic acids is 1. The molecule has 2 aromatic rings. The van der Waals surface area contributed by atoms with E-state index in [1.165, 1.54) is 13.1 Å². The number of carboxylic acid groups (broad SMARTS) is 1. The first-order valence-corrected chi connectivity index (χ1v) is 11.7. The number of aromatic nitrogens is 2. The highest BCUT2D eigenvalue weighted by Crippen LogP contribution is 2.34. The normalized spacial score (nSPS) is 16.1. The van der Waals surface area contributed by atoms with Gasteiger partial charge in [0.15, 0.2) is 0 Å². The lowest BCUT2D eigenvalue weighted by atomic mass is 10.0. The molecular formula is C22H23F6N5O4S. The van der Waals surface area contributed by atoms with Gasteiger partial charge in [-0.25, -0.2) is 4.79 Å². The van der Waals surface area contributed by atoms with Crippen molar-refractivity contribution in [3.05, 3.63) is 53.1 Å². The minimum Gasteiger partial charge on any atom is -0.475 e. The van der Waals surface area contributed by atoms with Crippen LogP contribution in [-0.4, -0.2) is 64.9 Å². The number of alkyl halides is 6. The molecule has 38 heavy (non-hydrogen) atoms. The Balaban J connectivity index is 0.000000638. The van der Waals surface area contributed by atoms with Gasteiger partial charge in [0.05, 0.1) is 6.04 Å². The fourth-order valence-corrected chi connectivity index (χ4v) is 3.53. The smallest absolute Gasteiger partial charge is 0.475 e. The second-order valence-corrected chi connectivity index (χ2v) is 8.84. The predicted molar refractivity (Wildman–Crippen MR) is 124 cm³/mol. The fraction of sp³-hybridized carbons (Fsp3) is 0.409. The van der Waals surface area contributed by atoms with E-state index in [0.29, 0.717) is 12.8 Å². The van der Waals surface area contributed by atoms with Gasteiger partial charge in [0.25, 0.3) is 5.91 Å². The first-order chi connectivity index (χ1) is 17.7. The van der Waals surface area contributed by atoms with Gasteiger partial charge in [-0.3, -0.25) is 14.5 Å².